The summed E-state index contributed by atoms with van der Waals surface area (Å²) in [5, 5.41) is 17.6. The van der Waals surface area contributed by atoms with Crippen LogP contribution in [0.3, 0.4) is 0 Å². The lowest BCUT2D eigenvalue weighted by Crippen LogP contribution is -2.41. The van der Waals surface area contributed by atoms with E-state index in [1.54, 1.807) is 16.8 Å². The molecule has 1 heterocycles. The molecule has 0 bridgehead atoms. The van der Waals surface area contributed by atoms with Crippen molar-refractivity contribution in [2.24, 2.45) is 0 Å². The van der Waals surface area contributed by atoms with Crippen LogP contribution in [-0.2, 0) is 9.59 Å². The van der Waals surface area contributed by atoms with Gasteiger partial charge in [-0.05, 0) is 17.9 Å². The Bertz CT molecular complexity index is 473. The van der Waals surface area contributed by atoms with E-state index in [-0.39, 0.29) is 24.8 Å². The summed E-state index contributed by atoms with van der Waals surface area (Å²) in [7, 11) is 0. The zero-order chi connectivity index (χ0) is 15.7. The van der Waals surface area contributed by atoms with Crippen molar-refractivity contribution < 1.29 is 19.5 Å². The molecule has 0 aliphatic carbocycles. The van der Waals surface area contributed by atoms with Crippen LogP contribution < -0.4 is 10.6 Å². The van der Waals surface area contributed by atoms with Gasteiger partial charge in [-0.2, -0.15) is 11.3 Å². The van der Waals surface area contributed by atoms with Gasteiger partial charge in [0.1, 0.15) is 6.04 Å². The lowest BCUT2D eigenvalue weighted by Gasteiger charge is -2.14. The number of nitrogens with one attached hydrogen (secondary N) is 2. The maximum atomic E-state index is 11.7. The van der Waals surface area contributed by atoms with Crippen LogP contribution in [0.1, 0.15) is 43.0 Å². The third-order valence-electron chi connectivity index (χ3n) is 2.90. The zero-order valence-electron chi connectivity index (χ0n) is 11.9. The molecule has 0 fully saturated rings. The number of carbonyl (C=O) groups excluding carboxylic acids is 2. The van der Waals surface area contributed by atoms with E-state index in [9.17, 15) is 14.4 Å². The predicted molar refractivity (Wildman–Crippen MR) is 80.4 cm³/mol. The fourth-order valence-electron chi connectivity index (χ4n) is 1.72. The molecule has 7 heteroatoms. The highest BCUT2D eigenvalue weighted by Crippen LogP contribution is 2.05. The van der Waals surface area contributed by atoms with Crippen LogP contribution in [0.15, 0.2) is 16.8 Å². The summed E-state index contributed by atoms with van der Waals surface area (Å²) in [6.07, 6.45) is 2.09. The molecule has 0 saturated carbocycles. The summed E-state index contributed by atoms with van der Waals surface area (Å²) in [5.41, 5.74) is 0.562. The largest absolute Gasteiger partial charge is 0.480 e. The van der Waals surface area contributed by atoms with Crippen LogP contribution in [0.25, 0.3) is 0 Å². The van der Waals surface area contributed by atoms with Gasteiger partial charge in [-0.15, -0.1) is 0 Å². The maximum absolute atomic E-state index is 11.7. The number of carboxylic acids is 1. The molecule has 0 aliphatic heterocycles. The second kappa shape index (κ2) is 9.12. The van der Waals surface area contributed by atoms with Crippen LogP contribution in [-0.4, -0.2) is 35.5 Å². The molecule has 1 aromatic rings. The highest BCUT2D eigenvalue weighted by molar-refractivity contribution is 7.08. The van der Waals surface area contributed by atoms with Crippen molar-refractivity contribution in [3.63, 3.8) is 0 Å². The van der Waals surface area contributed by atoms with E-state index in [1.165, 1.54) is 11.3 Å². The number of carbonyl (C=O) groups is 3. The average Bonchev–Trinajstić information content (AvgIpc) is 2.97. The highest BCUT2D eigenvalue weighted by Gasteiger charge is 2.18. The molecular weight excluding hydrogens is 292 g/mol. The van der Waals surface area contributed by atoms with Gasteiger partial charge in [-0.25, -0.2) is 4.79 Å². The zero-order valence-corrected chi connectivity index (χ0v) is 12.7. The molecule has 3 N–H and O–H groups in total. The summed E-state index contributed by atoms with van der Waals surface area (Å²) in [6.45, 7) is 2.14. The van der Waals surface area contributed by atoms with Gasteiger partial charge < -0.3 is 15.7 Å². The second-order valence-electron chi connectivity index (χ2n) is 4.62. The quantitative estimate of drug-likeness (QED) is 0.646. The first-order valence-corrected chi connectivity index (χ1v) is 7.81. The molecule has 0 spiro atoms. The van der Waals surface area contributed by atoms with Crippen molar-refractivity contribution in [1.29, 1.82) is 0 Å². The highest BCUT2D eigenvalue weighted by atomic mass is 32.1. The normalized spacial score (nSPS) is 11.7. The predicted octanol–water partition coefficient (Wildman–Crippen LogP) is 1.63. The number of rotatable bonds is 9. The van der Waals surface area contributed by atoms with Crippen molar-refractivity contribution in [3.8, 4) is 0 Å². The Labute approximate surface area is 127 Å². The summed E-state index contributed by atoms with van der Waals surface area (Å²) in [4.78, 5) is 34.3. The molecular formula is C14H20N2O4S. The van der Waals surface area contributed by atoms with Crippen LogP contribution in [0.4, 0.5) is 0 Å². The maximum Gasteiger partial charge on any atom is 0.326 e. The van der Waals surface area contributed by atoms with E-state index in [4.69, 9.17) is 5.11 Å². The van der Waals surface area contributed by atoms with E-state index in [1.807, 2.05) is 6.92 Å². The lowest BCUT2D eigenvalue weighted by atomic mass is 10.1. The first-order valence-electron chi connectivity index (χ1n) is 6.87. The Morgan fingerprint density at radius 3 is 2.71 bits per heavy atom. The van der Waals surface area contributed by atoms with E-state index < -0.39 is 12.0 Å². The number of aliphatic carboxylic acids is 1. The fourth-order valence-corrected chi connectivity index (χ4v) is 2.35. The third-order valence-corrected chi connectivity index (χ3v) is 3.58. The summed E-state index contributed by atoms with van der Waals surface area (Å²) in [5.74, 6) is -1.63. The molecule has 0 aliphatic rings. The summed E-state index contributed by atoms with van der Waals surface area (Å²) in [6, 6.07) is 0.843. The second-order valence-corrected chi connectivity index (χ2v) is 5.40. The first kappa shape index (κ1) is 17.2. The molecule has 2 amide bonds. The fraction of sp³-hybridized carbons (Fsp3) is 0.500. The smallest absolute Gasteiger partial charge is 0.326 e. The Kier molecular flexibility index (Phi) is 7.45. The SMILES string of the molecule is CCCCC(NC(=O)CCNC(=O)c1ccsc1)C(=O)O. The molecule has 0 saturated heterocycles. The number of hydrogen-bond acceptors (Lipinski definition) is 4. The number of hydrogen-bond donors (Lipinski definition) is 3. The average molecular weight is 312 g/mol. The third kappa shape index (κ3) is 6.40. The molecule has 116 valence electrons. The summed E-state index contributed by atoms with van der Waals surface area (Å²) >= 11 is 1.42. The van der Waals surface area contributed by atoms with Crippen molar-refractivity contribution in [3.05, 3.63) is 22.4 Å². The molecule has 0 aromatic carbocycles. The van der Waals surface area contributed by atoms with Gasteiger partial charge in [0.2, 0.25) is 5.91 Å². The minimum Gasteiger partial charge on any atom is -0.480 e. The number of thiophene rings is 1. The molecule has 1 aromatic heterocycles. The number of unbranched alkanes of at least 4 members (excludes halogenated alkanes) is 1. The van der Waals surface area contributed by atoms with Gasteiger partial charge in [0, 0.05) is 23.9 Å². The van der Waals surface area contributed by atoms with Gasteiger partial charge in [0.15, 0.2) is 0 Å². The Hall–Kier alpha value is -1.89. The van der Waals surface area contributed by atoms with Crippen molar-refractivity contribution in [2.45, 2.75) is 38.6 Å². The van der Waals surface area contributed by atoms with Crippen molar-refractivity contribution >= 4 is 29.1 Å². The van der Waals surface area contributed by atoms with Crippen molar-refractivity contribution in [2.75, 3.05) is 6.54 Å². The van der Waals surface area contributed by atoms with Crippen LogP contribution in [0, 0.1) is 0 Å². The Balaban J connectivity index is 2.29. The van der Waals surface area contributed by atoms with E-state index in [0.717, 1.165) is 12.8 Å². The molecule has 1 unspecified atom stereocenters. The standard InChI is InChI=1S/C14H20N2O4S/c1-2-3-4-11(14(19)20)16-12(17)5-7-15-13(18)10-6-8-21-9-10/h6,8-9,11H,2-5,7H2,1H3,(H,15,18)(H,16,17)(H,19,20). The molecule has 0 radical (unpaired) electrons. The Morgan fingerprint density at radius 2 is 2.14 bits per heavy atom. The van der Waals surface area contributed by atoms with Crippen molar-refractivity contribution in [1.82, 2.24) is 10.6 Å². The van der Waals surface area contributed by atoms with E-state index in [0.29, 0.717) is 12.0 Å². The van der Waals surface area contributed by atoms with E-state index in [2.05, 4.69) is 10.6 Å². The molecule has 1 rings (SSSR count). The molecule has 6 nitrogen and oxygen atoms in total. The van der Waals surface area contributed by atoms with Gasteiger partial charge >= 0.3 is 5.97 Å². The van der Waals surface area contributed by atoms with Crippen LogP contribution in [0.2, 0.25) is 0 Å². The van der Waals surface area contributed by atoms with Crippen LogP contribution in [0.5, 0.6) is 0 Å². The minimum atomic E-state index is -1.03. The molecule has 1 atom stereocenters. The van der Waals surface area contributed by atoms with E-state index >= 15 is 0 Å². The van der Waals surface area contributed by atoms with Gasteiger partial charge in [-0.1, -0.05) is 19.8 Å². The number of carboxylic acid groups (broad SMARTS) is 1. The summed E-state index contributed by atoms with van der Waals surface area (Å²) < 4.78 is 0. The topological polar surface area (TPSA) is 95.5 Å². The number of amides is 2. The van der Waals surface area contributed by atoms with Gasteiger partial charge in [0.25, 0.3) is 5.91 Å². The van der Waals surface area contributed by atoms with Gasteiger partial charge in [0.05, 0.1) is 0 Å². The monoisotopic (exact) mass is 312 g/mol. The van der Waals surface area contributed by atoms with Gasteiger partial charge in [-0.3, -0.25) is 9.59 Å². The lowest BCUT2D eigenvalue weighted by molar-refractivity contribution is -0.142. The first-order chi connectivity index (χ1) is 10.0. The molecule has 21 heavy (non-hydrogen) atoms. The van der Waals surface area contributed by atoms with Crippen LogP contribution >= 0.6 is 11.3 Å². The Morgan fingerprint density at radius 1 is 1.38 bits per heavy atom. The minimum absolute atomic E-state index is 0.0613.